The molecule has 1 saturated heterocycles. The second-order valence-corrected chi connectivity index (χ2v) is 3.89. The molecule has 0 aromatic rings. The van der Waals surface area contributed by atoms with E-state index in [9.17, 15) is 5.11 Å². The van der Waals surface area contributed by atoms with Gasteiger partial charge in [0.1, 0.15) is 0 Å². The first-order valence-electron chi connectivity index (χ1n) is 4.98. The highest BCUT2D eigenvalue weighted by molar-refractivity contribution is 4.84. The monoisotopic (exact) mass is 188 g/mol. The molecule has 0 radical (unpaired) electrons. The van der Waals surface area contributed by atoms with E-state index in [4.69, 9.17) is 9.47 Å². The lowest BCUT2D eigenvalue weighted by atomic mass is 9.84. The van der Waals surface area contributed by atoms with Crippen molar-refractivity contribution in [3.63, 3.8) is 0 Å². The van der Waals surface area contributed by atoms with Crippen molar-refractivity contribution in [3.05, 3.63) is 0 Å². The maximum absolute atomic E-state index is 9.59. The lowest BCUT2D eigenvalue weighted by molar-refractivity contribution is -0.248. The average Bonchev–Trinajstić information content (AvgIpc) is 2.13. The molecule has 1 heterocycles. The fourth-order valence-corrected chi connectivity index (χ4v) is 1.97. The summed E-state index contributed by atoms with van der Waals surface area (Å²) in [6.07, 6.45) is 0.396. The summed E-state index contributed by atoms with van der Waals surface area (Å²) in [6.45, 7) is 6.15. The number of rotatable bonds is 2. The van der Waals surface area contributed by atoms with Crippen LogP contribution in [0.1, 0.15) is 27.2 Å². The van der Waals surface area contributed by atoms with Crippen LogP contribution < -0.4 is 0 Å². The topological polar surface area (TPSA) is 38.7 Å². The predicted molar refractivity (Wildman–Crippen MR) is 50.3 cm³/mol. The molecular formula is C10H20O3. The first-order valence-corrected chi connectivity index (χ1v) is 4.98. The highest BCUT2D eigenvalue weighted by Gasteiger charge is 2.39. The van der Waals surface area contributed by atoms with Gasteiger partial charge in [-0.2, -0.15) is 0 Å². The third-order valence-electron chi connectivity index (χ3n) is 3.15. The second kappa shape index (κ2) is 4.40. The Labute approximate surface area is 80.0 Å². The van der Waals surface area contributed by atoms with Gasteiger partial charge >= 0.3 is 0 Å². The molecule has 1 fully saturated rings. The predicted octanol–water partition coefficient (Wildman–Crippen LogP) is 1.40. The Kier molecular flexibility index (Phi) is 3.71. The van der Waals surface area contributed by atoms with Gasteiger partial charge in [-0.05, 0) is 12.3 Å². The van der Waals surface area contributed by atoms with Crippen molar-refractivity contribution in [1.82, 2.24) is 0 Å². The lowest BCUT2D eigenvalue weighted by Gasteiger charge is -2.41. The van der Waals surface area contributed by atoms with Crippen LogP contribution >= 0.6 is 0 Å². The molecule has 3 nitrogen and oxygen atoms in total. The van der Waals surface area contributed by atoms with Crippen LogP contribution in [0.4, 0.5) is 0 Å². The second-order valence-electron chi connectivity index (χ2n) is 3.89. The van der Waals surface area contributed by atoms with Gasteiger partial charge in [0.25, 0.3) is 0 Å². The third kappa shape index (κ3) is 2.03. The third-order valence-corrected chi connectivity index (χ3v) is 3.15. The molecule has 0 spiro atoms. The van der Waals surface area contributed by atoms with E-state index in [1.807, 2.05) is 13.8 Å². The molecule has 1 aliphatic rings. The van der Waals surface area contributed by atoms with E-state index in [0.717, 1.165) is 6.42 Å². The highest BCUT2D eigenvalue weighted by atomic mass is 16.6. The van der Waals surface area contributed by atoms with E-state index in [0.29, 0.717) is 5.92 Å². The summed E-state index contributed by atoms with van der Waals surface area (Å²) in [5, 5.41) is 9.59. The first kappa shape index (κ1) is 11.0. The molecule has 78 valence electrons. The number of aliphatic hydroxyl groups is 1. The van der Waals surface area contributed by atoms with Gasteiger partial charge in [-0.3, -0.25) is 0 Å². The molecule has 3 heteroatoms. The summed E-state index contributed by atoms with van der Waals surface area (Å²) in [5.74, 6) is 0.492. The van der Waals surface area contributed by atoms with Crippen molar-refractivity contribution in [1.29, 1.82) is 0 Å². The van der Waals surface area contributed by atoms with Crippen LogP contribution in [0.15, 0.2) is 0 Å². The molecule has 0 aromatic carbocycles. The fourth-order valence-electron chi connectivity index (χ4n) is 1.97. The van der Waals surface area contributed by atoms with Crippen molar-refractivity contribution < 1.29 is 14.6 Å². The molecule has 0 aromatic heterocycles. The van der Waals surface area contributed by atoms with Gasteiger partial charge in [0, 0.05) is 13.0 Å². The van der Waals surface area contributed by atoms with Crippen LogP contribution in [-0.2, 0) is 9.47 Å². The maximum Gasteiger partial charge on any atom is 0.157 e. The van der Waals surface area contributed by atoms with E-state index in [1.54, 1.807) is 7.11 Å². The van der Waals surface area contributed by atoms with Crippen molar-refractivity contribution in [2.75, 3.05) is 7.11 Å². The van der Waals surface area contributed by atoms with Crippen molar-refractivity contribution in [2.45, 2.75) is 45.7 Å². The summed E-state index contributed by atoms with van der Waals surface area (Å²) in [6, 6.07) is 0. The molecule has 0 amide bonds. The molecule has 2 unspecified atom stereocenters. The number of hydrogen-bond donors (Lipinski definition) is 1. The van der Waals surface area contributed by atoms with E-state index >= 15 is 0 Å². The van der Waals surface area contributed by atoms with Crippen molar-refractivity contribution in [2.24, 2.45) is 11.8 Å². The fraction of sp³-hybridized carbons (Fsp3) is 1.00. The van der Waals surface area contributed by atoms with Gasteiger partial charge in [-0.1, -0.05) is 20.8 Å². The van der Waals surface area contributed by atoms with Gasteiger partial charge in [0.05, 0.1) is 12.2 Å². The Morgan fingerprint density at radius 2 is 1.92 bits per heavy atom. The molecule has 1 aliphatic heterocycles. The SMILES string of the molecule is CCC1O[C@H](O)C(C)[C@@H](C)[C@@H]1OC. The number of aliphatic hydroxyl groups excluding tert-OH is 1. The van der Waals surface area contributed by atoms with Gasteiger partial charge in [-0.25, -0.2) is 0 Å². The smallest absolute Gasteiger partial charge is 0.157 e. The Morgan fingerprint density at radius 1 is 1.31 bits per heavy atom. The lowest BCUT2D eigenvalue weighted by Crippen LogP contribution is -2.49. The summed E-state index contributed by atoms with van der Waals surface area (Å²) in [7, 11) is 1.71. The van der Waals surface area contributed by atoms with Gasteiger partial charge in [0.2, 0.25) is 0 Å². The minimum Gasteiger partial charge on any atom is -0.378 e. The maximum atomic E-state index is 9.59. The number of ether oxygens (including phenoxy) is 2. The highest BCUT2D eigenvalue weighted by Crippen LogP contribution is 2.32. The van der Waals surface area contributed by atoms with Crippen LogP contribution in [0, 0.1) is 11.8 Å². The molecule has 0 bridgehead atoms. The number of methoxy groups -OCH3 is 1. The Morgan fingerprint density at radius 3 is 2.38 bits per heavy atom. The summed E-state index contributed by atoms with van der Waals surface area (Å²) in [5.41, 5.74) is 0. The summed E-state index contributed by atoms with van der Waals surface area (Å²) in [4.78, 5) is 0. The molecule has 0 aliphatic carbocycles. The summed E-state index contributed by atoms with van der Waals surface area (Å²) < 4.78 is 10.8. The zero-order chi connectivity index (χ0) is 10.0. The van der Waals surface area contributed by atoms with Gasteiger partial charge in [0.15, 0.2) is 6.29 Å². The van der Waals surface area contributed by atoms with E-state index < -0.39 is 6.29 Å². The molecule has 0 saturated carbocycles. The van der Waals surface area contributed by atoms with E-state index in [-0.39, 0.29) is 18.1 Å². The standard InChI is InChI=1S/C10H20O3/c1-5-8-9(12-4)6(2)7(3)10(11)13-8/h6-11H,5H2,1-4H3/t6-,7?,8?,9+,10+/m1/s1. The zero-order valence-corrected chi connectivity index (χ0v) is 8.86. The van der Waals surface area contributed by atoms with Crippen molar-refractivity contribution >= 4 is 0 Å². The van der Waals surface area contributed by atoms with Crippen LogP contribution in [0.3, 0.4) is 0 Å². The first-order chi connectivity index (χ1) is 6.11. The normalized spacial score (nSPS) is 46.4. The molecule has 5 atom stereocenters. The summed E-state index contributed by atoms with van der Waals surface area (Å²) >= 11 is 0. The largest absolute Gasteiger partial charge is 0.378 e. The quantitative estimate of drug-likeness (QED) is 0.712. The molecule has 1 N–H and O–H groups in total. The minimum atomic E-state index is -0.633. The van der Waals surface area contributed by atoms with E-state index in [2.05, 4.69) is 6.92 Å². The molecular weight excluding hydrogens is 168 g/mol. The van der Waals surface area contributed by atoms with E-state index in [1.165, 1.54) is 0 Å². The van der Waals surface area contributed by atoms with Crippen LogP contribution in [0.25, 0.3) is 0 Å². The van der Waals surface area contributed by atoms with Crippen LogP contribution in [-0.4, -0.2) is 30.7 Å². The Bertz CT molecular complexity index is 158. The molecule has 13 heavy (non-hydrogen) atoms. The van der Waals surface area contributed by atoms with Crippen LogP contribution in [0.5, 0.6) is 0 Å². The van der Waals surface area contributed by atoms with Crippen LogP contribution in [0.2, 0.25) is 0 Å². The van der Waals surface area contributed by atoms with Gasteiger partial charge < -0.3 is 14.6 Å². The van der Waals surface area contributed by atoms with Gasteiger partial charge in [-0.15, -0.1) is 0 Å². The molecule has 1 rings (SSSR count). The minimum absolute atomic E-state index is 0.0335. The zero-order valence-electron chi connectivity index (χ0n) is 8.86. The van der Waals surface area contributed by atoms with Crippen molar-refractivity contribution in [3.8, 4) is 0 Å². The Hall–Kier alpha value is -0.120. The Balaban J connectivity index is 2.69. The average molecular weight is 188 g/mol. The number of hydrogen-bond acceptors (Lipinski definition) is 3.